The Balaban J connectivity index is 1.70. The molecule has 98 valence electrons. The maximum atomic E-state index is 11.5. The van der Waals surface area contributed by atoms with Gasteiger partial charge in [0.1, 0.15) is 0 Å². The summed E-state index contributed by atoms with van der Waals surface area (Å²) >= 11 is 0. The molecule has 2 fully saturated rings. The molecule has 0 radical (unpaired) electrons. The van der Waals surface area contributed by atoms with Gasteiger partial charge in [-0.15, -0.1) is 0 Å². The van der Waals surface area contributed by atoms with Crippen LogP contribution in [0, 0.1) is 0 Å². The molecule has 7 heteroatoms. The van der Waals surface area contributed by atoms with E-state index < -0.39 is 15.9 Å². The van der Waals surface area contributed by atoms with Gasteiger partial charge in [0.2, 0.25) is 15.9 Å². The molecule has 1 unspecified atom stereocenters. The smallest absolute Gasteiger partial charge is 0.237 e. The summed E-state index contributed by atoms with van der Waals surface area (Å²) in [5, 5.41) is 2.81. The van der Waals surface area contributed by atoms with Crippen molar-refractivity contribution in [3.63, 3.8) is 0 Å². The van der Waals surface area contributed by atoms with E-state index in [2.05, 4.69) is 10.0 Å². The Morgan fingerprint density at radius 2 is 2.18 bits per heavy atom. The summed E-state index contributed by atoms with van der Waals surface area (Å²) in [6, 6.07) is 0. The number of morpholine rings is 1. The quantitative estimate of drug-likeness (QED) is 0.688. The summed E-state index contributed by atoms with van der Waals surface area (Å²) < 4.78 is 30.5. The monoisotopic (exact) mass is 262 g/mol. The second kappa shape index (κ2) is 5.32. The maximum Gasteiger partial charge on any atom is 0.237 e. The highest BCUT2D eigenvalue weighted by molar-refractivity contribution is 7.90. The van der Waals surface area contributed by atoms with Crippen LogP contribution in [-0.2, 0) is 19.6 Å². The van der Waals surface area contributed by atoms with Crippen molar-refractivity contribution in [1.82, 2.24) is 10.0 Å². The number of ether oxygens (including phenoxy) is 1. The second-order valence-corrected chi connectivity index (χ2v) is 6.47. The predicted molar refractivity (Wildman–Crippen MR) is 61.9 cm³/mol. The first-order valence-corrected chi connectivity index (χ1v) is 7.49. The molecular formula is C10H18N2O4S. The average molecular weight is 262 g/mol. The van der Waals surface area contributed by atoms with E-state index in [1.165, 1.54) is 0 Å². The van der Waals surface area contributed by atoms with Crippen molar-refractivity contribution in [2.45, 2.75) is 37.0 Å². The third kappa shape index (κ3) is 3.93. The fraction of sp³-hybridized carbons (Fsp3) is 0.900. The number of sulfonamides is 1. The highest BCUT2D eigenvalue weighted by Crippen LogP contribution is 2.27. The predicted octanol–water partition coefficient (Wildman–Crippen LogP) is -0.637. The number of rotatable bonds is 5. The largest absolute Gasteiger partial charge is 0.376 e. The lowest BCUT2D eigenvalue weighted by Gasteiger charge is -2.23. The Morgan fingerprint density at radius 1 is 1.41 bits per heavy atom. The SMILES string of the molecule is O=C(CCC1CNCCO1)NS(=O)(=O)C1CC1. The Hall–Kier alpha value is -0.660. The van der Waals surface area contributed by atoms with Crippen molar-refractivity contribution in [1.29, 1.82) is 0 Å². The molecule has 0 bridgehead atoms. The van der Waals surface area contributed by atoms with Gasteiger partial charge in [0.25, 0.3) is 0 Å². The number of hydrogen-bond acceptors (Lipinski definition) is 5. The van der Waals surface area contributed by atoms with Crippen LogP contribution < -0.4 is 10.0 Å². The zero-order chi connectivity index (χ0) is 12.3. The highest BCUT2D eigenvalue weighted by Gasteiger charge is 2.36. The van der Waals surface area contributed by atoms with Crippen molar-refractivity contribution in [3.05, 3.63) is 0 Å². The minimum atomic E-state index is -3.40. The molecule has 1 saturated heterocycles. The van der Waals surface area contributed by atoms with Crippen LogP contribution in [0.2, 0.25) is 0 Å². The maximum absolute atomic E-state index is 11.5. The van der Waals surface area contributed by atoms with Crippen LogP contribution in [0.25, 0.3) is 0 Å². The van der Waals surface area contributed by atoms with Crippen LogP contribution in [0.4, 0.5) is 0 Å². The molecule has 2 N–H and O–H groups in total. The molecular weight excluding hydrogens is 244 g/mol. The topological polar surface area (TPSA) is 84.5 Å². The summed E-state index contributed by atoms with van der Waals surface area (Å²) in [5.41, 5.74) is 0. The molecule has 1 saturated carbocycles. The minimum Gasteiger partial charge on any atom is -0.376 e. The van der Waals surface area contributed by atoms with Gasteiger partial charge in [0.05, 0.1) is 18.0 Å². The third-order valence-corrected chi connectivity index (χ3v) is 4.78. The van der Waals surface area contributed by atoms with Gasteiger partial charge in [-0.3, -0.25) is 9.52 Å². The number of amides is 1. The van der Waals surface area contributed by atoms with Gasteiger partial charge in [0.15, 0.2) is 0 Å². The molecule has 1 amide bonds. The Kier molecular flexibility index (Phi) is 4.01. The first-order chi connectivity index (χ1) is 8.08. The van der Waals surface area contributed by atoms with Crippen LogP contribution in [0.1, 0.15) is 25.7 Å². The fourth-order valence-corrected chi connectivity index (χ4v) is 3.11. The van der Waals surface area contributed by atoms with E-state index in [1.54, 1.807) is 0 Å². The number of carbonyl (C=O) groups is 1. The van der Waals surface area contributed by atoms with Crippen LogP contribution in [-0.4, -0.2) is 45.4 Å². The lowest BCUT2D eigenvalue weighted by Crippen LogP contribution is -2.39. The Labute approximate surface area is 101 Å². The zero-order valence-corrected chi connectivity index (χ0v) is 10.5. The summed E-state index contributed by atoms with van der Waals surface area (Å²) in [5.74, 6) is -0.425. The van der Waals surface area contributed by atoms with Gasteiger partial charge in [-0.05, 0) is 19.3 Å². The molecule has 0 aromatic carbocycles. The molecule has 2 aliphatic rings. The van der Waals surface area contributed by atoms with Gasteiger partial charge < -0.3 is 10.1 Å². The summed E-state index contributed by atoms with van der Waals surface area (Å²) in [6.07, 6.45) is 2.09. The van der Waals surface area contributed by atoms with Crippen LogP contribution in [0.15, 0.2) is 0 Å². The van der Waals surface area contributed by atoms with Gasteiger partial charge >= 0.3 is 0 Å². The number of nitrogens with one attached hydrogen (secondary N) is 2. The first kappa shape index (κ1) is 12.8. The summed E-state index contributed by atoms with van der Waals surface area (Å²) in [7, 11) is -3.40. The van der Waals surface area contributed by atoms with E-state index >= 15 is 0 Å². The van der Waals surface area contributed by atoms with Gasteiger partial charge in [-0.1, -0.05) is 0 Å². The van der Waals surface area contributed by atoms with Gasteiger partial charge in [-0.2, -0.15) is 0 Å². The highest BCUT2D eigenvalue weighted by atomic mass is 32.2. The van der Waals surface area contributed by atoms with Crippen molar-refractivity contribution >= 4 is 15.9 Å². The van der Waals surface area contributed by atoms with Gasteiger partial charge in [0, 0.05) is 19.5 Å². The molecule has 1 aliphatic carbocycles. The van der Waals surface area contributed by atoms with Crippen molar-refractivity contribution in [2.75, 3.05) is 19.7 Å². The molecule has 6 nitrogen and oxygen atoms in total. The van der Waals surface area contributed by atoms with E-state index in [9.17, 15) is 13.2 Å². The van der Waals surface area contributed by atoms with Gasteiger partial charge in [-0.25, -0.2) is 8.42 Å². The first-order valence-electron chi connectivity index (χ1n) is 5.95. The molecule has 2 rings (SSSR count). The van der Waals surface area contributed by atoms with Crippen LogP contribution in [0.3, 0.4) is 0 Å². The third-order valence-electron chi connectivity index (χ3n) is 2.92. The normalized spacial score (nSPS) is 25.5. The number of carbonyl (C=O) groups excluding carboxylic acids is 1. The van der Waals surface area contributed by atoms with Crippen molar-refractivity contribution < 1.29 is 17.9 Å². The Morgan fingerprint density at radius 3 is 2.76 bits per heavy atom. The van der Waals surface area contributed by atoms with E-state index in [4.69, 9.17) is 4.74 Å². The molecule has 0 aromatic rings. The van der Waals surface area contributed by atoms with E-state index in [-0.39, 0.29) is 17.8 Å². The molecule has 1 aliphatic heterocycles. The summed E-state index contributed by atoms with van der Waals surface area (Å²) in [6.45, 7) is 2.20. The van der Waals surface area contributed by atoms with Crippen LogP contribution in [0.5, 0.6) is 0 Å². The van der Waals surface area contributed by atoms with Crippen molar-refractivity contribution in [2.24, 2.45) is 0 Å². The number of hydrogen-bond donors (Lipinski definition) is 2. The van der Waals surface area contributed by atoms with Crippen molar-refractivity contribution in [3.8, 4) is 0 Å². The van der Waals surface area contributed by atoms with Crippen LogP contribution >= 0.6 is 0 Å². The molecule has 17 heavy (non-hydrogen) atoms. The molecule has 0 spiro atoms. The molecule has 1 heterocycles. The average Bonchev–Trinajstić information content (AvgIpc) is 3.11. The minimum absolute atomic E-state index is 0.0122. The van der Waals surface area contributed by atoms with E-state index in [1.807, 2.05) is 0 Å². The van der Waals surface area contributed by atoms with E-state index in [0.29, 0.717) is 25.9 Å². The Bertz CT molecular complexity index is 372. The zero-order valence-electron chi connectivity index (χ0n) is 9.65. The fourth-order valence-electron chi connectivity index (χ4n) is 1.77. The molecule has 1 atom stereocenters. The van der Waals surface area contributed by atoms with E-state index in [0.717, 1.165) is 13.1 Å². The standard InChI is InChI=1S/C10H18N2O4S/c13-10(12-17(14,15)9-2-3-9)4-1-8-7-11-5-6-16-8/h8-9,11H,1-7H2,(H,12,13). The lowest BCUT2D eigenvalue weighted by atomic mass is 10.2. The lowest BCUT2D eigenvalue weighted by molar-refractivity contribution is -0.120. The summed E-state index contributed by atoms with van der Waals surface area (Å²) in [4.78, 5) is 11.5. The molecule has 0 aromatic heterocycles. The second-order valence-electron chi connectivity index (χ2n) is 4.51.